The molecule has 2 amide bonds. The summed E-state index contributed by atoms with van der Waals surface area (Å²) in [6.45, 7) is 1.14. The molecule has 1 fully saturated rings. The second-order valence-electron chi connectivity index (χ2n) is 6.16. The summed E-state index contributed by atoms with van der Waals surface area (Å²) in [6.07, 6.45) is -0.885. The molecule has 1 aliphatic heterocycles. The highest BCUT2D eigenvalue weighted by Crippen LogP contribution is 2.23. The van der Waals surface area contributed by atoms with Gasteiger partial charge in [0.05, 0.1) is 18.0 Å². The van der Waals surface area contributed by atoms with Gasteiger partial charge < -0.3 is 20.3 Å². The Balaban J connectivity index is 1.93. The van der Waals surface area contributed by atoms with Crippen LogP contribution >= 0.6 is 11.6 Å². The maximum Gasteiger partial charge on any atom is 0.309 e. The maximum absolute atomic E-state index is 12.7. The van der Waals surface area contributed by atoms with E-state index in [1.54, 1.807) is 0 Å². The van der Waals surface area contributed by atoms with Crippen molar-refractivity contribution in [2.75, 3.05) is 46.9 Å². The standard InChI is InChI=1S/C16H23ClN4O5S/c1-20(2)8-7-18-15(22)16(23)19-11-14-21(9-10-26-14)27(24,25)13-5-3-12(17)4-6-13/h3-6,14H,7-11H2,1-2H3,(H,18,22)(H,19,23)/t14-/m0/s1. The number of amides is 2. The highest BCUT2D eigenvalue weighted by molar-refractivity contribution is 7.89. The van der Waals surface area contributed by atoms with Crippen LogP contribution in [0.25, 0.3) is 0 Å². The number of benzene rings is 1. The summed E-state index contributed by atoms with van der Waals surface area (Å²) in [6, 6.07) is 5.79. The molecule has 1 aromatic rings. The lowest BCUT2D eigenvalue weighted by atomic mass is 10.4. The fourth-order valence-corrected chi connectivity index (χ4v) is 4.05. The van der Waals surface area contributed by atoms with Gasteiger partial charge in [-0.05, 0) is 38.4 Å². The lowest BCUT2D eigenvalue weighted by Gasteiger charge is -2.22. The minimum atomic E-state index is -3.80. The monoisotopic (exact) mass is 418 g/mol. The molecule has 1 aromatic carbocycles. The van der Waals surface area contributed by atoms with Crippen molar-refractivity contribution >= 4 is 33.4 Å². The third kappa shape index (κ3) is 5.88. The van der Waals surface area contributed by atoms with E-state index in [4.69, 9.17) is 16.3 Å². The molecule has 1 atom stereocenters. The van der Waals surface area contributed by atoms with E-state index in [1.165, 1.54) is 24.3 Å². The third-order valence-electron chi connectivity index (χ3n) is 3.85. The number of carbonyl (C=O) groups excluding carboxylic acids is 2. The SMILES string of the molecule is CN(C)CCNC(=O)C(=O)NC[C@@H]1OCCN1S(=O)(=O)c1ccc(Cl)cc1. The Morgan fingerprint density at radius 3 is 2.48 bits per heavy atom. The van der Waals surface area contributed by atoms with Crippen molar-refractivity contribution in [2.24, 2.45) is 0 Å². The Hall–Kier alpha value is -1.72. The van der Waals surface area contributed by atoms with Crippen molar-refractivity contribution in [2.45, 2.75) is 11.1 Å². The molecule has 27 heavy (non-hydrogen) atoms. The number of halogens is 1. The van der Waals surface area contributed by atoms with Gasteiger partial charge in [-0.2, -0.15) is 4.31 Å². The van der Waals surface area contributed by atoms with Crippen LogP contribution in [0.3, 0.4) is 0 Å². The molecule has 0 radical (unpaired) electrons. The maximum atomic E-state index is 12.7. The van der Waals surface area contributed by atoms with Gasteiger partial charge in [0.2, 0.25) is 10.0 Å². The first-order valence-electron chi connectivity index (χ1n) is 8.31. The van der Waals surface area contributed by atoms with E-state index in [2.05, 4.69) is 10.6 Å². The van der Waals surface area contributed by atoms with Crippen molar-refractivity contribution in [1.29, 1.82) is 0 Å². The van der Waals surface area contributed by atoms with Crippen LogP contribution in [0.15, 0.2) is 29.2 Å². The molecule has 0 aromatic heterocycles. The molecule has 0 bridgehead atoms. The average Bonchev–Trinajstić information content (AvgIpc) is 3.09. The first kappa shape index (κ1) is 21.6. The Bertz CT molecular complexity index is 770. The summed E-state index contributed by atoms with van der Waals surface area (Å²) in [5.74, 6) is -1.62. The fourth-order valence-electron chi connectivity index (χ4n) is 2.42. The number of nitrogens with one attached hydrogen (secondary N) is 2. The van der Waals surface area contributed by atoms with E-state index < -0.39 is 28.1 Å². The van der Waals surface area contributed by atoms with Gasteiger partial charge in [0.25, 0.3) is 0 Å². The molecule has 150 valence electrons. The van der Waals surface area contributed by atoms with Crippen LogP contribution in [0, 0.1) is 0 Å². The molecule has 2 N–H and O–H groups in total. The van der Waals surface area contributed by atoms with Crippen LogP contribution < -0.4 is 10.6 Å². The predicted octanol–water partition coefficient (Wildman–Crippen LogP) is -0.519. The number of nitrogens with zero attached hydrogens (tertiary/aromatic N) is 2. The molecule has 0 spiro atoms. The highest BCUT2D eigenvalue weighted by Gasteiger charge is 2.36. The minimum Gasteiger partial charge on any atom is -0.359 e. The largest absolute Gasteiger partial charge is 0.359 e. The Morgan fingerprint density at radius 1 is 1.22 bits per heavy atom. The molecule has 1 saturated heterocycles. The minimum absolute atomic E-state index is 0.0788. The van der Waals surface area contributed by atoms with E-state index in [0.29, 0.717) is 18.1 Å². The van der Waals surface area contributed by atoms with Gasteiger partial charge in [0.1, 0.15) is 6.23 Å². The summed E-state index contributed by atoms with van der Waals surface area (Å²) < 4.78 is 32.1. The molecule has 1 aliphatic rings. The summed E-state index contributed by atoms with van der Waals surface area (Å²) in [7, 11) is -0.111. The number of sulfonamides is 1. The number of carbonyl (C=O) groups is 2. The molecular weight excluding hydrogens is 396 g/mol. The van der Waals surface area contributed by atoms with Gasteiger partial charge in [0, 0.05) is 24.7 Å². The van der Waals surface area contributed by atoms with Gasteiger partial charge in [-0.1, -0.05) is 11.6 Å². The molecule has 1 heterocycles. The van der Waals surface area contributed by atoms with E-state index in [9.17, 15) is 18.0 Å². The number of hydrogen-bond donors (Lipinski definition) is 2. The van der Waals surface area contributed by atoms with E-state index >= 15 is 0 Å². The summed E-state index contributed by atoms with van der Waals surface area (Å²) in [4.78, 5) is 25.5. The van der Waals surface area contributed by atoms with Gasteiger partial charge in [0.15, 0.2) is 0 Å². The van der Waals surface area contributed by atoms with Crippen molar-refractivity contribution in [3.05, 3.63) is 29.3 Å². The number of likely N-dealkylation sites (N-methyl/N-ethyl adjacent to an activating group) is 1. The molecular formula is C16H23ClN4O5S. The lowest BCUT2D eigenvalue weighted by molar-refractivity contribution is -0.139. The summed E-state index contributed by atoms with van der Waals surface area (Å²) in [5, 5.41) is 5.32. The smallest absolute Gasteiger partial charge is 0.309 e. The molecule has 9 nitrogen and oxygen atoms in total. The topological polar surface area (TPSA) is 108 Å². The van der Waals surface area contributed by atoms with Gasteiger partial charge in [-0.25, -0.2) is 8.42 Å². The summed E-state index contributed by atoms with van der Waals surface area (Å²) in [5.41, 5.74) is 0. The Kier molecular flexibility index (Phi) is 7.57. The second-order valence-corrected chi connectivity index (χ2v) is 8.49. The van der Waals surface area contributed by atoms with Gasteiger partial charge in [-0.15, -0.1) is 0 Å². The summed E-state index contributed by atoms with van der Waals surface area (Å²) >= 11 is 5.80. The average molecular weight is 419 g/mol. The molecule has 0 saturated carbocycles. The van der Waals surface area contributed by atoms with Crippen molar-refractivity contribution in [1.82, 2.24) is 19.8 Å². The van der Waals surface area contributed by atoms with Crippen LogP contribution in [0.2, 0.25) is 5.02 Å². The third-order valence-corrected chi connectivity index (χ3v) is 6.01. The molecule has 0 unspecified atom stereocenters. The zero-order valence-electron chi connectivity index (χ0n) is 15.1. The van der Waals surface area contributed by atoms with Crippen LogP contribution in [0.4, 0.5) is 0 Å². The molecule has 0 aliphatic carbocycles. The number of ether oxygens (including phenoxy) is 1. The van der Waals surface area contributed by atoms with E-state index in [0.717, 1.165) is 4.31 Å². The van der Waals surface area contributed by atoms with Crippen molar-refractivity contribution in [3.8, 4) is 0 Å². The van der Waals surface area contributed by atoms with Crippen LogP contribution in [-0.4, -0.2) is 82.5 Å². The Labute approximate surface area is 163 Å². The zero-order valence-corrected chi connectivity index (χ0v) is 16.7. The second kappa shape index (κ2) is 9.47. The van der Waals surface area contributed by atoms with Crippen molar-refractivity contribution < 1.29 is 22.7 Å². The van der Waals surface area contributed by atoms with E-state index in [1.807, 2.05) is 19.0 Å². The highest BCUT2D eigenvalue weighted by atomic mass is 35.5. The molecule has 11 heteroatoms. The van der Waals surface area contributed by atoms with Gasteiger partial charge in [-0.3, -0.25) is 9.59 Å². The first-order valence-corrected chi connectivity index (χ1v) is 10.1. The number of rotatable bonds is 7. The van der Waals surface area contributed by atoms with Gasteiger partial charge >= 0.3 is 11.8 Å². The van der Waals surface area contributed by atoms with Crippen LogP contribution in [0.5, 0.6) is 0 Å². The van der Waals surface area contributed by atoms with Crippen molar-refractivity contribution in [3.63, 3.8) is 0 Å². The normalized spacial score (nSPS) is 17.9. The molecule has 2 rings (SSSR count). The number of hydrogen-bond acceptors (Lipinski definition) is 6. The van der Waals surface area contributed by atoms with Crippen LogP contribution in [-0.2, 0) is 24.3 Å². The fraction of sp³-hybridized carbons (Fsp3) is 0.500. The Morgan fingerprint density at radius 2 is 1.85 bits per heavy atom. The van der Waals surface area contributed by atoms with E-state index in [-0.39, 0.29) is 24.6 Å². The first-order chi connectivity index (χ1) is 12.7. The predicted molar refractivity (Wildman–Crippen MR) is 99.7 cm³/mol. The quantitative estimate of drug-likeness (QED) is 0.577. The van der Waals surface area contributed by atoms with Crippen LogP contribution in [0.1, 0.15) is 0 Å². The zero-order chi connectivity index (χ0) is 20.0. The lowest BCUT2D eigenvalue weighted by Crippen LogP contribution is -2.48.